The largest absolute Gasteiger partial charge is 0.376 e. The first-order chi connectivity index (χ1) is 12.2. The van der Waals surface area contributed by atoms with Crippen LogP contribution in [0.25, 0.3) is 11.4 Å². The summed E-state index contributed by atoms with van der Waals surface area (Å²) in [6, 6.07) is 7.50. The molecule has 8 heteroatoms. The van der Waals surface area contributed by atoms with Gasteiger partial charge < -0.3 is 14.6 Å². The Bertz CT molecular complexity index is 714. The summed E-state index contributed by atoms with van der Waals surface area (Å²) in [5.41, 5.74) is 0.952. The maximum Gasteiger partial charge on any atom is 0.230 e. The minimum Gasteiger partial charge on any atom is -0.376 e. The number of aromatic nitrogens is 3. The molecule has 1 aromatic heterocycles. The van der Waals surface area contributed by atoms with E-state index in [1.807, 2.05) is 35.8 Å². The van der Waals surface area contributed by atoms with Crippen LogP contribution < -0.4 is 5.32 Å². The van der Waals surface area contributed by atoms with Crippen molar-refractivity contribution in [1.29, 1.82) is 0 Å². The van der Waals surface area contributed by atoms with E-state index in [4.69, 9.17) is 16.3 Å². The minimum atomic E-state index is -0.0146. The van der Waals surface area contributed by atoms with Gasteiger partial charge in [-0.3, -0.25) is 4.79 Å². The number of carbonyl (C=O) groups is 1. The highest BCUT2D eigenvalue weighted by molar-refractivity contribution is 7.99. The molecule has 3 rings (SSSR count). The summed E-state index contributed by atoms with van der Waals surface area (Å²) in [5.74, 6) is 1.08. The number of thioether (sulfide) groups is 1. The molecule has 2 heterocycles. The van der Waals surface area contributed by atoms with Crippen LogP contribution in [0.2, 0.25) is 5.02 Å². The van der Waals surface area contributed by atoms with E-state index >= 15 is 0 Å². The van der Waals surface area contributed by atoms with E-state index in [9.17, 15) is 4.79 Å². The predicted octanol–water partition coefficient (Wildman–Crippen LogP) is 3.01. The van der Waals surface area contributed by atoms with Gasteiger partial charge in [-0.05, 0) is 44.0 Å². The van der Waals surface area contributed by atoms with Crippen LogP contribution in [0.5, 0.6) is 0 Å². The molecule has 1 N–H and O–H groups in total. The molecule has 1 aromatic carbocycles. The molecule has 2 aromatic rings. The molecular weight excluding hydrogens is 360 g/mol. The number of benzene rings is 1. The van der Waals surface area contributed by atoms with Gasteiger partial charge in [0.05, 0.1) is 11.9 Å². The Balaban J connectivity index is 1.58. The molecular formula is C17H21ClN4O2S. The molecule has 0 aliphatic carbocycles. The second-order valence-corrected chi connectivity index (χ2v) is 7.16. The molecule has 0 spiro atoms. The lowest BCUT2D eigenvalue weighted by molar-refractivity contribution is -0.119. The van der Waals surface area contributed by atoms with Crippen LogP contribution >= 0.6 is 23.4 Å². The predicted molar refractivity (Wildman–Crippen MR) is 98.8 cm³/mol. The number of nitrogens with one attached hydrogen (secondary N) is 1. The minimum absolute atomic E-state index is 0.0146. The van der Waals surface area contributed by atoms with Crippen molar-refractivity contribution < 1.29 is 9.53 Å². The maximum atomic E-state index is 12.0. The van der Waals surface area contributed by atoms with Crippen LogP contribution in [0.4, 0.5) is 0 Å². The summed E-state index contributed by atoms with van der Waals surface area (Å²) in [6.07, 6.45) is 2.24. The van der Waals surface area contributed by atoms with Crippen LogP contribution in [0.3, 0.4) is 0 Å². The van der Waals surface area contributed by atoms with Gasteiger partial charge in [0.15, 0.2) is 11.0 Å². The van der Waals surface area contributed by atoms with Gasteiger partial charge in [-0.25, -0.2) is 0 Å². The first kappa shape index (κ1) is 18.2. The number of carbonyl (C=O) groups excluding carboxylic acids is 1. The molecule has 134 valence electrons. The zero-order chi connectivity index (χ0) is 17.6. The highest BCUT2D eigenvalue weighted by Crippen LogP contribution is 2.25. The van der Waals surface area contributed by atoms with Crippen LogP contribution in [-0.2, 0) is 16.1 Å². The molecule has 1 aliphatic rings. The van der Waals surface area contributed by atoms with Crippen molar-refractivity contribution in [3.05, 3.63) is 29.3 Å². The second-order valence-electron chi connectivity index (χ2n) is 5.79. The highest BCUT2D eigenvalue weighted by Gasteiger charge is 2.17. The van der Waals surface area contributed by atoms with Crippen LogP contribution in [0.1, 0.15) is 19.8 Å². The molecule has 0 saturated carbocycles. The Labute approximate surface area is 156 Å². The van der Waals surface area contributed by atoms with Crippen molar-refractivity contribution in [1.82, 2.24) is 20.1 Å². The fourth-order valence-electron chi connectivity index (χ4n) is 2.71. The van der Waals surface area contributed by atoms with Crippen molar-refractivity contribution in [2.24, 2.45) is 0 Å². The molecule has 6 nitrogen and oxygen atoms in total. The van der Waals surface area contributed by atoms with Crippen molar-refractivity contribution >= 4 is 29.3 Å². The van der Waals surface area contributed by atoms with Gasteiger partial charge in [-0.2, -0.15) is 0 Å². The Hall–Kier alpha value is -1.57. The number of hydrogen-bond donors (Lipinski definition) is 1. The number of hydrogen-bond acceptors (Lipinski definition) is 5. The summed E-state index contributed by atoms with van der Waals surface area (Å²) in [6.45, 7) is 4.13. The normalized spacial score (nSPS) is 17.0. The van der Waals surface area contributed by atoms with Gasteiger partial charge in [0, 0.05) is 30.3 Å². The molecule has 0 bridgehead atoms. The summed E-state index contributed by atoms with van der Waals surface area (Å²) in [4.78, 5) is 12.0. The zero-order valence-electron chi connectivity index (χ0n) is 14.1. The Morgan fingerprint density at radius 3 is 2.88 bits per heavy atom. The van der Waals surface area contributed by atoms with Gasteiger partial charge in [-0.1, -0.05) is 23.4 Å². The summed E-state index contributed by atoms with van der Waals surface area (Å²) < 4.78 is 7.51. The van der Waals surface area contributed by atoms with E-state index in [2.05, 4.69) is 15.5 Å². The van der Waals surface area contributed by atoms with E-state index in [1.165, 1.54) is 11.8 Å². The van der Waals surface area contributed by atoms with Crippen LogP contribution in [0.15, 0.2) is 29.4 Å². The van der Waals surface area contributed by atoms with E-state index in [0.29, 0.717) is 17.3 Å². The van der Waals surface area contributed by atoms with Crippen LogP contribution in [-0.4, -0.2) is 45.7 Å². The average molecular weight is 381 g/mol. The molecule has 1 fully saturated rings. The van der Waals surface area contributed by atoms with E-state index in [1.54, 1.807) is 0 Å². The van der Waals surface area contributed by atoms with Crippen molar-refractivity contribution in [3.8, 4) is 11.4 Å². The topological polar surface area (TPSA) is 69.0 Å². The molecule has 25 heavy (non-hydrogen) atoms. The standard InChI is InChI=1S/C17H21ClN4O2S/c1-2-22-16(12-5-7-13(18)8-6-12)20-21-17(22)25-11-15(23)19-10-14-4-3-9-24-14/h5-8,14H,2-4,9-11H2,1H3,(H,19,23)/t14-/m0/s1. The van der Waals surface area contributed by atoms with Gasteiger partial charge in [-0.15, -0.1) is 10.2 Å². The van der Waals surface area contributed by atoms with E-state index in [-0.39, 0.29) is 12.0 Å². The summed E-state index contributed by atoms with van der Waals surface area (Å²) >= 11 is 7.33. The fourth-order valence-corrected chi connectivity index (χ4v) is 3.67. The van der Waals surface area contributed by atoms with Gasteiger partial charge in [0.25, 0.3) is 0 Å². The average Bonchev–Trinajstić information content (AvgIpc) is 3.28. The van der Waals surface area contributed by atoms with E-state index < -0.39 is 0 Å². The molecule has 1 amide bonds. The van der Waals surface area contributed by atoms with Crippen LogP contribution in [0, 0.1) is 0 Å². The number of rotatable bonds is 7. The Morgan fingerprint density at radius 2 is 2.20 bits per heavy atom. The fraction of sp³-hybridized carbons (Fsp3) is 0.471. The highest BCUT2D eigenvalue weighted by atomic mass is 35.5. The quantitative estimate of drug-likeness (QED) is 0.748. The first-order valence-electron chi connectivity index (χ1n) is 8.37. The molecule has 0 unspecified atom stereocenters. The third kappa shape index (κ3) is 4.74. The Kier molecular flexibility index (Phi) is 6.34. The van der Waals surface area contributed by atoms with Gasteiger partial charge in [0.1, 0.15) is 0 Å². The Morgan fingerprint density at radius 1 is 1.40 bits per heavy atom. The molecule has 1 saturated heterocycles. The molecule has 1 atom stereocenters. The number of amides is 1. The molecule has 0 radical (unpaired) electrons. The van der Waals surface area contributed by atoms with E-state index in [0.717, 1.165) is 42.5 Å². The zero-order valence-corrected chi connectivity index (χ0v) is 15.6. The summed E-state index contributed by atoms with van der Waals surface area (Å²) in [7, 11) is 0. The number of nitrogens with zero attached hydrogens (tertiary/aromatic N) is 3. The second kappa shape index (κ2) is 8.69. The van der Waals surface area contributed by atoms with Crippen molar-refractivity contribution in [3.63, 3.8) is 0 Å². The number of halogens is 1. The lowest BCUT2D eigenvalue weighted by atomic mass is 10.2. The molecule has 1 aliphatic heterocycles. The maximum absolute atomic E-state index is 12.0. The van der Waals surface area contributed by atoms with Crippen molar-refractivity contribution in [2.45, 2.75) is 37.6 Å². The lowest BCUT2D eigenvalue weighted by Crippen LogP contribution is -2.32. The van der Waals surface area contributed by atoms with Crippen molar-refractivity contribution in [2.75, 3.05) is 18.9 Å². The monoisotopic (exact) mass is 380 g/mol. The van der Waals surface area contributed by atoms with Gasteiger partial charge in [0.2, 0.25) is 5.91 Å². The number of ether oxygens (including phenoxy) is 1. The smallest absolute Gasteiger partial charge is 0.230 e. The van der Waals surface area contributed by atoms with Gasteiger partial charge >= 0.3 is 0 Å². The first-order valence-corrected chi connectivity index (χ1v) is 9.74. The SMILES string of the molecule is CCn1c(SCC(=O)NC[C@@H]2CCCO2)nnc1-c1ccc(Cl)cc1. The third-order valence-corrected chi connectivity index (χ3v) is 5.24. The lowest BCUT2D eigenvalue weighted by Gasteiger charge is -2.11. The summed E-state index contributed by atoms with van der Waals surface area (Å²) in [5, 5.41) is 12.8. The third-order valence-electron chi connectivity index (χ3n) is 4.02.